The van der Waals surface area contributed by atoms with Gasteiger partial charge in [-0.25, -0.2) is 0 Å². The van der Waals surface area contributed by atoms with Crippen molar-refractivity contribution < 1.29 is 4.79 Å². The predicted octanol–water partition coefficient (Wildman–Crippen LogP) is 3.59. The molecule has 0 aromatic carbocycles. The van der Waals surface area contributed by atoms with Crippen LogP contribution in [0.4, 0.5) is 0 Å². The molecule has 2 saturated carbocycles. The summed E-state index contributed by atoms with van der Waals surface area (Å²) in [5.41, 5.74) is 2.57. The summed E-state index contributed by atoms with van der Waals surface area (Å²) in [5, 5.41) is 0. The van der Waals surface area contributed by atoms with Gasteiger partial charge in [0.1, 0.15) is 0 Å². The summed E-state index contributed by atoms with van der Waals surface area (Å²) >= 11 is 0. The van der Waals surface area contributed by atoms with Crippen molar-refractivity contribution in [1.29, 1.82) is 0 Å². The lowest BCUT2D eigenvalue weighted by Gasteiger charge is -2.41. The molecule has 3 aliphatic rings. The minimum atomic E-state index is 0.325. The van der Waals surface area contributed by atoms with Crippen LogP contribution in [0.5, 0.6) is 0 Å². The Morgan fingerprint density at radius 3 is 2.62 bits per heavy atom. The zero-order chi connectivity index (χ0) is 11.4. The molecule has 88 valence electrons. The standard InChI is InChI=1S/C15H22O/c1-8-6-13-11-4-5-12(7-11)15(13)9(2)14(8)10(3)16/h9,11-13,15H,4-7H2,1-3H3/t9?,11-,12+,13+,15-/m1/s1. The van der Waals surface area contributed by atoms with Crippen molar-refractivity contribution in [1.82, 2.24) is 0 Å². The van der Waals surface area contributed by atoms with Crippen molar-refractivity contribution in [2.75, 3.05) is 0 Å². The maximum atomic E-state index is 11.8. The van der Waals surface area contributed by atoms with E-state index in [0.29, 0.717) is 11.7 Å². The molecule has 0 saturated heterocycles. The van der Waals surface area contributed by atoms with Gasteiger partial charge in [0.2, 0.25) is 0 Å². The number of rotatable bonds is 1. The first-order valence-corrected chi connectivity index (χ1v) is 6.80. The molecule has 0 spiro atoms. The number of ketones is 1. The maximum absolute atomic E-state index is 11.8. The van der Waals surface area contributed by atoms with Gasteiger partial charge in [-0.15, -0.1) is 0 Å². The van der Waals surface area contributed by atoms with Crippen molar-refractivity contribution in [2.45, 2.75) is 46.5 Å². The first-order valence-electron chi connectivity index (χ1n) is 6.80. The van der Waals surface area contributed by atoms with E-state index in [1.54, 1.807) is 6.92 Å². The molecule has 0 aliphatic heterocycles. The van der Waals surface area contributed by atoms with E-state index in [9.17, 15) is 4.79 Å². The van der Waals surface area contributed by atoms with E-state index in [1.807, 2.05) is 0 Å². The highest BCUT2D eigenvalue weighted by molar-refractivity contribution is 5.94. The van der Waals surface area contributed by atoms with Crippen LogP contribution in [0.25, 0.3) is 0 Å². The second-order valence-corrected chi connectivity index (χ2v) is 6.32. The molecule has 1 unspecified atom stereocenters. The summed E-state index contributed by atoms with van der Waals surface area (Å²) in [4.78, 5) is 11.8. The third kappa shape index (κ3) is 1.26. The van der Waals surface area contributed by atoms with Crippen molar-refractivity contribution in [3.05, 3.63) is 11.1 Å². The largest absolute Gasteiger partial charge is 0.295 e. The molecule has 2 fully saturated rings. The van der Waals surface area contributed by atoms with Crippen LogP contribution in [0.15, 0.2) is 11.1 Å². The highest BCUT2D eigenvalue weighted by Crippen LogP contribution is 2.59. The molecule has 1 heteroatoms. The lowest BCUT2D eigenvalue weighted by atomic mass is 9.63. The number of Topliss-reactive ketones (excluding diaryl/α,β-unsaturated/α-hetero) is 1. The minimum absolute atomic E-state index is 0.325. The molecule has 0 radical (unpaired) electrons. The Labute approximate surface area is 98.3 Å². The number of hydrogen-bond acceptors (Lipinski definition) is 1. The van der Waals surface area contributed by atoms with Gasteiger partial charge in [0.15, 0.2) is 5.78 Å². The van der Waals surface area contributed by atoms with Crippen LogP contribution >= 0.6 is 0 Å². The van der Waals surface area contributed by atoms with Gasteiger partial charge >= 0.3 is 0 Å². The van der Waals surface area contributed by atoms with E-state index in [4.69, 9.17) is 0 Å². The number of hydrogen-bond donors (Lipinski definition) is 0. The summed E-state index contributed by atoms with van der Waals surface area (Å²) < 4.78 is 0. The summed E-state index contributed by atoms with van der Waals surface area (Å²) in [7, 11) is 0. The number of carbonyl (C=O) groups excluding carboxylic acids is 1. The molecule has 16 heavy (non-hydrogen) atoms. The second kappa shape index (κ2) is 3.45. The van der Waals surface area contributed by atoms with Crippen LogP contribution in [-0.2, 0) is 4.79 Å². The molecule has 0 aromatic heterocycles. The Hall–Kier alpha value is -0.590. The summed E-state index contributed by atoms with van der Waals surface area (Å²) in [6.45, 7) is 6.25. The summed E-state index contributed by atoms with van der Waals surface area (Å²) in [6.07, 6.45) is 5.56. The molecule has 2 bridgehead atoms. The lowest BCUT2D eigenvalue weighted by Crippen LogP contribution is -2.34. The fourth-order valence-electron chi connectivity index (χ4n) is 5.20. The van der Waals surface area contributed by atoms with Gasteiger partial charge in [0.05, 0.1) is 0 Å². The van der Waals surface area contributed by atoms with Crippen molar-refractivity contribution >= 4 is 5.78 Å². The fourth-order valence-corrected chi connectivity index (χ4v) is 5.20. The Morgan fingerprint density at radius 1 is 1.25 bits per heavy atom. The lowest BCUT2D eigenvalue weighted by molar-refractivity contribution is -0.114. The van der Waals surface area contributed by atoms with Gasteiger partial charge in [-0.2, -0.15) is 0 Å². The van der Waals surface area contributed by atoms with Gasteiger partial charge in [-0.05, 0) is 74.7 Å². The van der Waals surface area contributed by atoms with Crippen molar-refractivity contribution in [3.8, 4) is 0 Å². The molecule has 5 atom stereocenters. The Bertz CT molecular complexity index is 366. The second-order valence-electron chi connectivity index (χ2n) is 6.32. The smallest absolute Gasteiger partial charge is 0.156 e. The molecule has 0 N–H and O–H groups in total. The molecule has 0 aromatic rings. The number of allylic oxidation sites excluding steroid dienone is 2. The van der Waals surface area contributed by atoms with Crippen LogP contribution in [0.3, 0.4) is 0 Å². The zero-order valence-electron chi connectivity index (χ0n) is 10.6. The van der Waals surface area contributed by atoms with Gasteiger partial charge in [0, 0.05) is 0 Å². The van der Waals surface area contributed by atoms with Crippen LogP contribution in [0.1, 0.15) is 46.5 Å². The topological polar surface area (TPSA) is 17.1 Å². The molecule has 3 rings (SSSR count). The Morgan fingerprint density at radius 2 is 1.94 bits per heavy atom. The normalized spacial score (nSPS) is 46.1. The summed E-state index contributed by atoms with van der Waals surface area (Å²) in [5.74, 6) is 4.53. The van der Waals surface area contributed by atoms with Crippen LogP contribution in [-0.4, -0.2) is 5.78 Å². The summed E-state index contributed by atoms with van der Waals surface area (Å²) in [6, 6.07) is 0. The van der Waals surface area contributed by atoms with Gasteiger partial charge < -0.3 is 0 Å². The van der Waals surface area contributed by atoms with Crippen LogP contribution < -0.4 is 0 Å². The third-order valence-corrected chi connectivity index (χ3v) is 5.57. The van der Waals surface area contributed by atoms with Crippen molar-refractivity contribution in [2.24, 2.45) is 29.6 Å². The molecule has 1 nitrogen and oxygen atoms in total. The Kier molecular flexibility index (Phi) is 2.28. The van der Waals surface area contributed by atoms with E-state index >= 15 is 0 Å². The molecular formula is C15H22O. The highest BCUT2D eigenvalue weighted by Gasteiger charge is 2.52. The third-order valence-electron chi connectivity index (χ3n) is 5.57. The van der Waals surface area contributed by atoms with Crippen LogP contribution in [0, 0.1) is 29.6 Å². The van der Waals surface area contributed by atoms with E-state index in [1.165, 1.54) is 36.8 Å². The fraction of sp³-hybridized carbons (Fsp3) is 0.800. The van der Waals surface area contributed by atoms with Gasteiger partial charge in [-0.1, -0.05) is 12.5 Å². The monoisotopic (exact) mass is 218 g/mol. The van der Waals surface area contributed by atoms with Gasteiger partial charge in [0.25, 0.3) is 0 Å². The van der Waals surface area contributed by atoms with E-state index in [0.717, 1.165) is 23.7 Å². The minimum Gasteiger partial charge on any atom is -0.295 e. The average Bonchev–Trinajstić information content (AvgIpc) is 2.76. The molecule has 3 aliphatic carbocycles. The van der Waals surface area contributed by atoms with Crippen molar-refractivity contribution in [3.63, 3.8) is 0 Å². The highest BCUT2D eigenvalue weighted by atomic mass is 16.1. The zero-order valence-corrected chi connectivity index (χ0v) is 10.6. The SMILES string of the molecule is CC(=O)C1=C(C)C[C@H]2[C@@H]3CC[C@@H](C3)[C@H]2C1C. The first-order chi connectivity index (χ1) is 7.59. The maximum Gasteiger partial charge on any atom is 0.156 e. The van der Waals surface area contributed by atoms with Gasteiger partial charge in [-0.3, -0.25) is 4.79 Å². The first kappa shape index (κ1) is 10.6. The van der Waals surface area contributed by atoms with E-state index in [-0.39, 0.29) is 0 Å². The average molecular weight is 218 g/mol. The quantitative estimate of drug-likeness (QED) is 0.657. The Balaban J connectivity index is 1.98. The van der Waals surface area contributed by atoms with E-state index < -0.39 is 0 Å². The number of carbonyl (C=O) groups is 1. The van der Waals surface area contributed by atoms with E-state index in [2.05, 4.69) is 13.8 Å². The number of fused-ring (bicyclic) bond motifs is 5. The molecule has 0 amide bonds. The molecule has 0 heterocycles. The van der Waals surface area contributed by atoms with Crippen LogP contribution in [0.2, 0.25) is 0 Å². The molecular weight excluding hydrogens is 196 g/mol. The predicted molar refractivity (Wildman–Crippen MR) is 65.0 cm³/mol.